The fourth-order valence-corrected chi connectivity index (χ4v) is 1.69. The zero-order valence-corrected chi connectivity index (χ0v) is 13.2. The van der Waals surface area contributed by atoms with Crippen molar-refractivity contribution < 1.29 is 10.2 Å². The van der Waals surface area contributed by atoms with Gasteiger partial charge in [0.2, 0.25) is 0 Å². The molecule has 0 spiro atoms. The summed E-state index contributed by atoms with van der Waals surface area (Å²) in [6.07, 6.45) is 3.33. The quantitative estimate of drug-likeness (QED) is 0.710. The van der Waals surface area contributed by atoms with Crippen LogP contribution in [-0.2, 0) is 0 Å². The van der Waals surface area contributed by atoms with Crippen LogP contribution in [0, 0.1) is 5.41 Å². The van der Waals surface area contributed by atoms with Gasteiger partial charge in [-0.25, -0.2) is 0 Å². The zero-order chi connectivity index (χ0) is 15.8. The van der Waals surface area contributed by atoms with E-state index >= 15 is 0 Å². The van der Waals surface area contributed by atoms with Gasteiger partial charge in [-0.2, -0.15) is 0 Å². The average molecular weight is 332 g/mol. The minimum absolute atomic E-state index is 0. The summed E-state index contributed by atoms with van der Waals surface area (Å²) < 4.78 is 0. The van der Waals surface area contributed by atoms with E-state index in [9.17, 15) is 0 Å². The van der Waals surface area contributed by atoms with Crippen molar-refractivity contribution in [2.24, 2.45) is 9.98 Å². The molecule has 2 aromatic rings. The van der Waals surface area contributed by atoms with Crippen LogP contribution in [0.15, 0.2) is 58.5 Å². The van der Waals surface area contributed by atoms with Crippen LogP contribution in [0.3, 0.4) is 0 Å². The second-order valence-electron chi connectivity index (χ2n) is 4.73. The molecule has 0 aliphatic carbocycles. The Morgan fingerprint density at radius 1 is 0.783 bits per heavy atom. The first-order chi connectivity index (χ1) is 10.6. The number of hydrogen-bond acceptors (Lipinski definition) is 5. The van der Waals surface area contributed by atoms with Crippen molar-refractivity contribution in [3.63, 3.8) is 0 Å². The Balaban J connectivity index is 0.00000264. The number of nitrogens with one attached hydrogen (secondary N) is 1. The van der Waals surface area contributed by atoms with Crippen LogP contribution >= 0.6 is 12.4 Å². The molecule has 0 unspecified atom stereocenters. The molecule has 0 fully saturated rings. The molecule has 6 heteroatoms. The molecule has 0 heterocycles. The average Bonchev–Trinajstić information content (AvgIpc) is 2.51. The molecule has 0 aliphatic rings. The van der Waals surface area contributed by atoms with E-state index in [0.29, 0.717) is 5.71 Å². The third-order valence-electron chi connectivity index (χ3n) is 2.83. The van der Waals surface area contributed by atoms with Gasteiger partial charge in [-0.05, 0) is 59.7 Å². The Morgan fingerprint density at radius 3 is 1.48 bits per heavy atom. The number of phenols is 2. The monoisotopic (exact) mass is 331 g/mol. The Kier molecular flexibility index (Phi) is 7.50. The van der Waals surface area contributed by atoms with E-state index in [1.165, 1.54) is 0 Å². The molecule has 120 valence electrons. The molecule has 0 aromatic heterocycles. The molecule has 0 saturated carbocycles. The molecule has 5 nitrogen and oxygen atoms in total. The van der Waals surface area contributed by atoms with Crippen LogP contribution in [0.2, 0.25) is 0 Å². The van der Waals surface area contributed by atoms with E-state index in [-0.39, 0.29) is 37.0 Å². The maximum absolute atomic E-state index is 9.17. The largest absolute Gasteiger partial charge is 0.508 e. The van der Waals surface area contributed by atoms with Crippen molar-refractivity contribution in [1.29, 1.82) is 5.41 Å². The van der Waals surface area contributed by atoms with Gasteiger partial charge in [0.05, 0.1) is 18.8 Å². The van der Waals surface area contributed by atoms with E-state index < -0.39 is 0 Å². The van der Waals surface area contributed by atoms with E-state index in [2.05, 4.69) is 9.98 Å². The Hall–Kier alpha value is -2.66. The highest BCUT2D eigenvalue weighted by molar-refractivity contribution is 5.90. The van der Waals surface area contributed by atoms with Crippen LogP contribution in [0.1, 0.15) is 11.1 Å². The lowest BCUT2D eigenvalue weighted by Gasteiger charge is -1.97. The Labute approximate surface area is 141 Å². The van der Waals surface area contributed by atoms with Gasteiger partial charge in [0, 0.05) is 12.4 Å². The van der Waals surface area contributed by atoms with E-state index in [4.69, 9.17) is 15.6 Å². The second-order valence-corrected chi connectivity index (χ2v) is 4.73. The van der Waals surface area contributed by atoms with Gasteiger partial charge < -0.3 is 15.6 Å². The summed E-state index contributed by atoms with van der Waals surface area (Å²) in [6.45, 7) is 0.571. The number of aliphatic imine (C=N–C) groups is 2. The van der Waals surface area contributed by atoms with Crippen LogP contribution in [0.4, 0.5) is 0 Å². The molecule has 0 aliphatic heterocycles. The number of halogens is 1. The van der Waals surface area contributed by atoms with Crippen LogP contribution < -0.4 is 0 Å². The lowest BCUT2D eigenvalue weighted by Crippen LogP contribution is -2.06. The Morgan fingerprint density at radius 2 is 1.13 bits per heavy atom. The first kappa shape index (κ1) is 18.4. The molecular weight excluding hydrogens is 314 g/mol. The topological polar surface area (TPSA) is 89.0 Å². The van der Waals surface area contributed by atoms with Crippen LogP contribution in [0.25, 0.3) is 0 Å². The van der Waals surface area contributed by atoms with Crippen molar-refractivity contribution in [3.8, 4) is 11.5 Å². The predicted octanol–water partition coefficient (Wildman–Crippen LogP) is 3.08. The number of rotatable bonds is 6. The van der Waals surface area contributed by atoms with Crippen molar-refractivity contribution in [2.75, 3.05) is 13.1 Å². The SMILES string of the molecule is Cl.N=C(CN=Cc1ccc(O)cc1)CN=Cc1ccc(O)cc1. The summed E-state index contributed by atoms with van der Waals surface area (Å²) in [5, 5.41) is 26.1. The van der Waals surface area contributed by atoms with Gasteiger partial charge in [0.15, 0.2) is 0 Å². The fourth-order valence-electron chi connectivity index (χ4n) is 1.69. The van der Waals surface area contributed by atoms with Gasteiger partial charge >= 0.3 is 0 Å². The van der Waals surface area contributed by atoms with E-state index in [1.807, 2.05) is 0 Å². The van der Waals surface area contributed by atoms with Gasteiger partial charge in [-0.15, -0.1) is 12.4 Å². The second kappa shape index (κ2) is 9.38. The summed E-state index contributed by atoms with van der Waals surface area (Å²) in [6, 6.07) is 13.4. The minimum Gasteiger partial charge on any atom is -0.508 e. The normalized spacial score (nSPS) is 10.8. The predicted molar refractivity (Wildman–Crippen MR) is 96.1 cm³/mol. The molecule has 0 saturated heterocycles. The Bertz CT molecular complexity index is 620. The minimum atomic E-state index is 0. The first-order valence-corrected chi connectivity index (χ1v) is 6.77. The maximum atomic E-state index is 9.17. The smallest absolute Gasteiger partial charge is 0.115 e. The van der Waals surface area contributed by atoms with E-state index in [0.717, 1.165) is 11.1 Å². The highest BCUT2D eigenvalue weighted by atomic mass is 35.5. The molecule has 0 amide bonds. The highest BCUT2D eigenvalue weighted by Crippen LogP contribution is 2.08. The molecular formula is C17H18ClN3O2. The van der Waals surface area contributed by atoms with E-state index in [1.54, 1.807) is 61.0 Å². The fraction of sp³-hybridized carbons (Fsp3) is 0.118. The standard InChI is InChI=1S/C17H17N3O2.ClH/c18-15(11-19-9-13-1-5-16(21)6-2-13)12-20-10-14-3-7-17(22)8-4-14;/h1-10,18,21-22H,11-12H2;1H. The molecule has 23 heavy (non-hydrogen) atoms. The number of aromatic hydroxyl groups is 2. The molecule has 2 aromatic carbocycles. The molecule has 2 rings (SSSR count). The first-order valence-electron chi connectivity index (χ1n) is 6.77. The van der Waals surface area contributed by atoms with Crippen molar-refractivity contribution in [2.45, 2.75) is 0 Å². The lowest BCUT2D eigenvalue weighted by atomic mass is 10.2. The zero-order valence-electron chi connectivity index (χ0n) is 12.4. The third-order valence-corrected chi connectivity index (χ3v) is 2.83. The van der Waals surface area contributed by atoms with Crippen molar-refractivity contribution in [3.05, 3.63) is 59.7 Å². The highest BCUT2D eigenvalue weighted by Gasteiger charge is 1.94. The maximum Gasteiger partial charge on any atom is 0.115 e. The van der Waals surface area contributed by atoms with Crippen molar-refractivity contribution in [1.82, 2.24) is 0 Å². The molecule has 3 N–H and O–H groups in total. The third kappa shape index (κ3) is 6.76. The van der Waals surface area contributed by atoms with Gasteiger partial charge in [0.25, 0.3) is 0 Å². The molecule has 0 bridgehead atoms. The van der Waals surface area contributed by atoms with Crippen LogP contribution in [-0.4, -0.2) is 41.4 Å². The van der Waals surface area contributed by atoms with Gasteiger partial charge in [-0.3, -0.25) is 9.98 Å². The summed E-state index contributed by atoms with van der Waals surface area (Å²) in [5.41, 5.74) is 2.15. The molecule has 0 atom stereocenters. The number of nitrogens with zero attached hydrogens (tertiary/aromatic N) is 2. The summed E-state index contributed by atoms with van der Waals surface area (Å²) in [7, 11) is 0. The molecule has 0 radical (unpaired) electrons. The van der Waals surface area contributed by atoms with Crippen molar-refractivity contribution >= 4 is 30.5 Å². The summed E-state index contributed by atoms with van der Waals surface area (Å²) in [4.78, 5) is 8.34. The van der Waals surface area contributed by atoms with Crippen LogP contribution in [0.5, 0.6) is 11.5 Å². The van der Waals surface area contributed by atoms with Gasteiger partial charge in [-0.1, -0.05) is 0 Å². The summed E-state index contributed by atoms with van der Waals surface area (Å²) >= 11 is 0. The lowest BCUT2D eigenvalue weighted by molar-refractivity contribution is 0.475. The van der Waals surface area contributed by atoms with Gasteiger partial charge in [0.1, 0.15) is 11.5 Å². The number of benzene rings is 2. The number of phenolic OH excluding ortho intramolecular Hbond substituents is 2. The number of hydrogen-bond donors (Lipinski definition) is 3. The summed E-state index contributed by atoms with van der Waals surface area (Å²) in [5.74, 6) is 0.432.